The van der Waals surface area contributed by atoms with Gasteiger partial charge in [0, 0.05) is 10.6 Å². The standard InChI is InChI=1S/C20H34S/c1-9-16(8)12-21-20-18(14(4)5)10-17(13(2)3)11-19(20)15(6)7/h10-11,13-16H,9,12H2,1-8H3. The third-order valence-corrected chi connectivity index (χ3v) is 5.78. The van der Waals surface area contributed by atoms with Crippen LogP contribution in [0.1, 0.15) is 96.3 Å². The molecule has 0 saturated carbocycles. The van der Waals surface area contributed by atoms with E-state index in [4.69, 9.17) is 0 Å². The van der Waals surface area contributed by atoms with Crippen LogP contribution in [0.15, 0.2) is 17.0 Å². The second-order valence-corrected chi connectivity index (χ2v) is 8.35. The topological polar surface area (TPSA) is 0 Å². The molecule has 0 amide bonds. The lowest BCUT2D eigenvalue weighted by molar-refractivity contribution is 0.636. The molecule has 1 atom stereocenters. The Bertz CT molecular complexity index is 414. The first-order chi connectivity index (χ1) is 9.77. The summed E-state index contributed by atoms with van der Waals surface area (Å²) in [4.78, 5) is 1.56. The number of hydrogen-bond acceptors (Lipinski definition) is 1. The van der Waals surface area contributed by atoms with Gasteiger partial charge in [-0.05, 0) is 40.4 Å². The zero-order valence-electron chi connectivity index (χ0n) is 15.3. The molecule has 21 heavy (non-hydrogen) atoms. The van der Waals surface area contributed by atoms with Crippen LogP contribution in [0.4, 0.5) is 0 Å². The van der Waals surface area contributed by atoms with Gasteiger partial charge < -0.3 is 0 Å². The highest BCUT2D eigenvalue weighted by atomic mass is 32.2. The van der Waals surface area contributed by atoms with Gasteiger partial charge in [-0.2, -0.15) is 0 Å². The Morgan fingerprint density at radius 1 is 0.810 bits per heavy atom. The van der Waals surface area contributed by atoms with E-state index >= 15 is 0 Å². The minimum absolute atomic E-state index is 0.598. The van der Waals surface area contributed by atoms with E-state index < -0.39 is 0 Å². The molecule has 1 heteroatoms. The normalized spacial score (nSPS) is 13.5. The van der Waals surface area contributed by atoms with Crippen LogP contribution >= 0.6 is 11.8 Å². The summed E-state index contributed by atoms with van der Waals surface area (Å²) in [6.07, 6.45) is 1.27. The molecule has 0 aliphatic carbocycles. The molecule has 120 valence electrons. The number of thioether (sulfide) groups is 1. The van der Waals surface area contributed by atoms with E-state index in [9.17, 15) is 0 Å². The van der Waals surface area contributed by atoms with Crippen LogP contribution in [-0.4, -0.2) is 5.75 Å². The zero-order valence-corrected chi connectivity index (χ0v) is 16.1. The van der Waals surface area contributed by atoms with Gasteiger partial charge in [-0.15, -0.1) is 11.8 Å². The van der Waals surface area contributed by atoms with Crippen molar-refractivity contribution in [3.05, 3.63) is 28.8 Å². The second kappa shape index (κ2) is 8.27. The van der Waals surface area contributed by atoms with Crippen LogP contribution in [-0.2, 0) is 0 Å². The summed E-state index contributed by atoms with van der Waals surface area (Å²) in [5, 5.41) is 0. The van der Waals surface area contributed by atoms with Crippen molar-refractivity contribution in [2.75, 3.05) is 5.75 Å². The third-order valence-electron chi connectivity index (χ3n) is 4.29. The van der Waals surface area contributed by atoms with E-state index in [-0.39, 0.29) is 0 Å². The van der Waals surface area contributed by atoms with Crippen molar-refractivity contribution in [1.82, 2.24) is 0 Å². The lowest BCUT2D eigenvalue weighted by atomic mass is 9.89. The SMILES string of the molecule is CCC(C)CSc1c(C(C)C)cc(C(C)C)cc1C(C)C. The van der Waals surface area contributed by atoms with E-state index in [1.807, 2.05) is 0 Å². The molecule has 1 aromatic rings. The van der Waals surface area contributed by atoms with Gasteiger partial charge >= 0.3 is 0 Å². The maximum absolute atomic E-state index is 2.46. The van der Waals surface area contributed by atoms with Gasteiger partial charge in [0.25, 0.3) is 0 Å². The third kappa shape index (κ3) is 5.06. The Morgan fingerprint density at radius 3 is 1.62 bits per heavy atom. The van der Waals surface area contributed by atoms with E-state index in [1.54, 1.807) is 16.0 Å². The van der Waals surface area contributed by atoms with Crippen molar-refractivity contribution in [1.29, 1.82) is 0 Å². The van der Waals surface area contributed by atoms with Crippen LogP contribution in [0.3, 0.4) is 0 Å². The summed E-state index contributed by atoms with van der Waals surface area (Å²) in [6.45, 7) is 18.6. The smallest absolute Gasteiger partial charge is 0.0142 e. The molecule has 0 bridgehead atoms. The minimum Gasteiger partial charge on any atom is -0.125 e. The van der Waals surface area contributed by atoms with E-state index in [2.05, 4.69) is 79.3 Å². The average molecular weight is 307 g/mol. The molecule has 0 spiro atoms. The lowest BCUT2D eigenvalue weighted by Gasteiger charge is -2.23. The molecule has 0 heterocycles. The monoisotopic (exact) mass is 306 g/mol. The first-order valence-corrected chi connectivity index (χ1v) is 9.56. The quantitative estimate of drug-likeness (QED) is 0.480. The Balaban J connectivity index is 3.29. The molecule has 1 rings (SSSR count). The van der Waals surface area contributed by atoms with Crippen molar-refractivity contribution < 1.29 is 0 Å². The highest BCUT2D eigenvalue weighted by Crippen LogP contribution is 2.39. The minimum atomic E-state index is 0.598. The van der Waals surface area contributed by atoms with E-state index in [0.29, 0.717) is 17.8 Å². The molecule has 0 fully saturated rings. The number of hydrogen-bond donors (Lipinski definition) is 0. The predicted molar refractivity (Wildman–Crippen MR) is 98.9 cm³/mol. The van der Waals surface area contributed by atoms with Gasteiger partial charge in [-0.25, -0.2) is 0 Å². The maximum atomic E-state index is 2.46. The second-order valence-electron chi connectivity index (χ2n) is 7.32. The van der Waals surface area contributed by atoms with Crippen LogP contribution in [0, 0.1) is 5.92 Å². The molecule has 0 aliphatic rings. The summed E-state index contributed by atoms with van der Waals surface area (Å²) in [5.74, 6) is 3.83. The van der Waals surface area contributed by atoms with Gasteiger partial charge in [0.15, 0.2) is 0 Å². The molecular weight excluding hydrogens is 272 g/mol. The summed E-state index contributed by atoms with van der Waals surface area (Å²) >= 11 is 2.08. The summed E-state index contributed by atoms with van der Waals surface area (Å²) in [7, 11) is 0. The van der Waals surface area contributed by atoms with Gasteiger partial charge in [-0.1, -0.05) is 73.9 Å². The van der Waals surface area contributed by atoms with Crippen LogP contribution in [0.25, 0.3) is 0 Å². The first-order valence-electron chi connectivity index (χ1n) is 8.58. The highest BCUT2D eigenvalue weighted by molar-refractivity contribution is 7.99. The van der Waals surface area contributed by atoms with E-state index in [1.165, 1.54) is 17.7 Å². The Hall–Kier alpha value is -0.430. The Morgan fingerprint density at radius 2 is 1.29 bits per heavy atom. The predicted octanol–water partition coefficient (Wildman–Crippen LogP) is 7.20. The van der Waals surface area contributed by atoms with Gasteiger partial charge in [-0.3, -0.25) is 0 Å². The van der Waals surface area contributed by atoms with E-state index in [0.717, 1.165) is 5.92 Å². The van der Waals surface area contributed by atoms with Crippen LogP contribution in [0.5, 0.6) is 0 Å². The molecule has 1 aromatic carbocycles. The Kier molecular flexibility index (Phi) is 7.33. The summed E-state index contributed by atoms with van der Waals surface area (Å²) < 4.78 is 0. The average Bonchev–Trinajstić information content (AvgIpc) is 2.43. The fraction of sp³-hybridized carbons (Fsp3) is 0.700. The molecule has 0 N–H and O–H groups in total. The molecule has 0 radical (unpaired) electrons. The van der Waals surface area contributed by atoms with Gasteiger partial charge in [0.2, 0.25) is 0 Å². The first kappa shape index (κ1) is 18.6. The van der Waals surface area contributed by atoms with Crippen molar-refractivity contribution in [2.24, 2.45) is 5.92 Å². The van der Waals surface area contributed by atoms with Crippen molar-refractivity contribution >= 4 is 11.8 Å². The molecule has 0 aliphatic heterocycles. The summed E-state index contributed by atoms with van der Waals surface area (Å²) in [5.41, 5.74) is 4.60. The highest BCUT2D eigenvalue weighted by Gasteiger charge is 2.18. The van der Waals surface area contributed by atoms with Crippen LogP contribution < -0.4 is 0 Å². The fourth-order valence-electron chi connectivity index (χ4n) is 2.40. The Labute approximate surface area is 137 Å². The van der Waals surface area contributed by atoms with Gasteiger partial charge in [0.05, 0.1) is 0 Å². The van der Waals surface area contributed by atoms with Crippen molar-refractivity contribution in [2.45, 2.75) is 84.5 Å². The molecule has 0 aromatic heterocycles. The molecule has 0 saturated heterocycles. The molecular formula is C20H34S. The molecule has 1 unspecified atom stereocenters. The zero-order chi connectivity index (χ0) is 16.2. The van der Waals surface area contributed by atoms with Crippen molar-refractivity contribution in [3.8, 4) is 0 Å². The van der Waals surface area contributed by atoms with Crippen molar-refractivity contribution in [3.63, 3.8) is 0 Å². The molecule has 0 nitrogen and oxygen atoms in total. The summed E-state index contributed by atoms with van der Waals surface area (Å²) in [6, 6.07) is 4.92. The fourth-order valence-corrected chi connectivity index (χ4v) is 4.01. The lowest BCUT2D eigenvalue weighted by Crippen LogP contribution is -2.04. The maximum Gasteiger partial charge on any atom is 0.0142 e. The largest absolute Gasteiger partial charge is 0.125 e. The number of rotatable bonds is 7. The number of benzene rings is 1. The van der Waals surface area contributed by atoms with Gasteiger partial charge in [0.1, 0.15) is 0 Å². The van der Waals surface area contributed by atoms with Crippen LogP contribution in [0.2, 0.25) is 0 Å².